The Morgan fingerprint density at radius 1 is 1.27 bits per heavy atom. The maximum Gasteiger partial charge on any atom is 0.310 e. The molecule has 0 aliphatic carbocycles. The molecule has 0 fully saturated rings. The van der Waals surface area contributed by atoms with Gasteiger partial charge in [-0.15, -0.1) is 0 Å². The third-order valence-electron chi connectivity index (χ3n) is 3.84. The highest BCUT2D eigenvalue weighted by atomic mass is 35.5. The number of halogens is 1. The summed E-state index contributed by atoms with van der Waals surface area (Å²) in [5.74, 6) is -0.924. The molecule has 122 valence electrons. The van der Waals surface area contributed by atoms with E-state index < -0.39 is 11.4 Å². The van der Waals surface area contributed by atoms with Crippen molar-refractivity contribution in [3.63, 3.8) is 0 Å². The van der Waals surface area contributed by atoms with Gasteiger partial charge in [0, 0.05) is 6.42 Å². The van der Waals surface area contributed by atoms with Gasteiger partial charge in [0.15, 0.2) is 5.75 Å². The van der Waals surface area contributed by atoms with Crippen molar-refractivity contribution in [2.75, 3.05) is 11.9 Å². The lowest BCUT2D eigenvalue weighted by Crippen LogP contribution is -2.34. The molecule has 0 radical (unpaired) electrons. The SMILES string of the molecule is CCOc1c(Cl)cccc1NC(=O)CC(CC)(CC)C(=O)O. The van der Waals surface area contributed by atoms with Crippen molar-refractivity contribution in [3.8, 4) is 5.75 Å². The molecule has 0 atom stereocenters. The van der Waals surface area contributed by atoms with Gasteiger partial charge in [-0.2, -0.15) is 0 Å². The lowest BCUT2D eigenvalue weighted by atomic mass is 9.79. The van der Waals surface area contributed by atoms with Crippen LogP contribution < -0.4 is 10.1 Å². The van der Waals surface area contributed by atoms with E-state index in [9.17, 15) is 14.7 Å². The zero-order valence-electron chi connectivity index (χ0n) is 13.1. The molecular weight excluding hydrogens is 306 g/mol. The Kier molecular flexibility index (Phi) is 6.68. The Hall–Kier alpha value is -1.75. The first-order valence-corrected chi connectivity index (χ1v) is 7.72. The fraction of sp³-hybridized carbons (Fsp3) is 0.500. The van der Waals surface area contributed by atoms with Crippen LogP contribution >= 0.6 is 11.6 Å². The average Bonchev–Trinajstić information content (AvgIpc) is 2.48. The molecule has 0 aliphatic heterocycles. The summed E-state index contributed by atoms with van der Waals surface area (Å²) in [6, 6.07) is 5.04. The molecule has 0 saturated heterocycles. The van der Waals surface area contributed by atoms with Crippen LogP contribution in [0.3, 0.4) is 0 Å². The molecule has 0 unspecified atom stereocenters. The molecular formula is C16H22ClNO4. The van der Waals surface area contributed by atoms with E-state index in [2.05, 4.69) is 5.32 Å². The van der Waals surface area contributed by atoms with Crippen LogP contribution in [0.15, 0.2) is 18.2 Å². The molecule has 0 bridgehead atoms. The first-order valence-electron chi connectivity index (χ1n) is 7.34. The second kappa shape index (κ2) is 8.03. The number of nitrogens with one attached hydrogen (secondary N) is 1. The highest BCUT2D eigenvalue weighted by Gasteiger charge is 2.37. The average molecular weight is 328 g/mol. The Morgan fingerprint density at radius 2 is 1.91 bits per heavy atom. The van der Waals surface area contributed by atoms with Crippen LogP contribution in [-0.2, 0) is 9.59 Å². The molecule has 6 heteroatoms. The molecule has 0 saturated carbocycles. The smallest absolute Gasteiger partial charge is 0.310 e. The zero-order chi connectivity index (χ0) is 16.8. The first-order chi connectivity index (χ1) is 10.4. The molecule has 2 N–H and O–H groups in total. The Bertz CT molecular complexity index is 541. The summed E-state index contributed by atoms with van der Waals surface area (Å²) in [7, 11) is 0. The van der Waals surface area contributed by atoms with Gasteiger partial charge in [0.05, 0.1) is 22.7 Å². The van der Waals surface area contributed by atoms with Gasteiger partial charge in [-0.1, -0.05) is 31.5 Å². The summed E-state index contributed by atoms with van der Waals surface area (Å²) >= 11 is 6.06. The largest absolute Gasteiger partial charge is 0.490 e. The minimum absolute atomic E-state index is 0.0899. The van der Waals surface area contributed by atoms with E-state index in [0.717, 1.165) is 0 Å². The van der Waals surface area contributed by atoms with Gasteiger partial charge < -0.3 is 15.2 Å². The molecule has 1 aromatic carbocycles. The van der Waals surface area contributed by atoms with Gasteiger partial charge in [0.25, 0.3) is 0 Å². The van der Waals surface area contributed by atoms with Crippen LogP contribution in [0.4, 0.5) is 5.69 Å². The van der Waals surface area contributed by atoms with E-state index >= 15 is 0 Å². The number of ether oxygens (including phenoxy) is 1. The number of anilines is 1. The van der Waals surface area contributed by atoms with Crippen molar-refractivity contribution in [1.82, 2.24) is 0 Å². The van der Waals surface area contributed by atoms with E-state index in [1.165, 1.54) is 0 Å². The van der Waals surface area contributed by atoms with Crippen molar-refractivity contribution < 1.29 is 19.4 Å². The fourth-order valence-electron chi connectivity index (χ4n) is 2.28. The van der Waals surface area contributed by atoms with Gasteiger partial charge in [0.2, 0.25) is 5.91 Å². The normalized spacial score (nSPS) is 11.1. The topological polar surface area (TPSA) is 75.6 Å². The van der Waals surface area contributed by atoms with Crippen molar-refractivity contribution >= 4 is 29.2 Å². The second-order valence-electron chi connectivity index (χ2n) is 5.07. The van der Waals surface area contributed by atoms with Crippen molar-refractivity contribution in [1.29, 1.82) is 0 Å². The number of rotatable bonds is 8. The molecule has 0 heterocycles. The van der Waals surface area contributed by atoms with Crippen LogP contribution in [0.1, 0.15) is 40.0 Å². The number of amides is 1. The number of hydrogen-bond donors (Lipinski definition) is 2. The predicted octanol–water partition coefficient (Wildman–Crippen LogP) is 3.96. The monoisotopic (exact) mass is 327 g/mol. The van der Waals surface area contributed by atoms with Crippen LogP contribution in [-0.4, -0.2) is 23.6 Å². The second-order valence-corrected chi connectivity index (χ2v) is 5.47. The molecule has 1 amide bonds. The van der Waals surface area contributed by atoms with Gasteiger partial charge in [-0.3, -0.25) is 9.59 Å². The molecule has 22 heavy (non-hydrogen) atoms. The summed E-state index contributed by atoms with van der Waals surface area (Å²) < 4.78 is 5.44. The maximum atomic E-state index is 12.2. The van der Waals surface area contributed by atoms with E-state index in [-0.39, 0.29) is 12.3 Å². The van der Waals surface area contributed by atoms with Gasteiger partial charge in [0.1, 0.15) is 0 Å². The summed E-state index contributed by atoms with van der Waals surface area (Å²) in [4.78, 5) is 23.7. The highest BCUT2D eigenvalue weighted by Crippen LogP contribution is 2.35. The molecule has 1 aromatic rings. The Morgan fingerprint density at radius 3 is 2.41 bits per heavy atom. The van der Waals surface area contributed by atoms with E-state index in [1.807, 2.05) is 6.92 Å². The van der Waals surface area contributed by atoms with E-state index in [4.69, 9.17) is 16.3 Å². The number of benzene rings is 1. The zero-order valence-corrected chi connectivity index (χ0v) is 13.9. The number of carboxylic acid groups (broad SMARTS) is 1. The van der Waals surface area contributed by atoms with E-state index in [1.54, 1.807) is 32.0 Å². The van der Waals surface area contributed by atoms with Gasteiger partial charge in [-0.05, 0) is 31.9 Å². The van der Waals surface area contributed by atoms with E-state index in [0.29, 0.717) is 35.9 Å². The summed E-state index contributed by atoms with van der Waals surface area (Å²) in [6.45, 7) is 5.78. The van der Waals surface area contributed by atoms with Crippen molar-refractivity contribution in [2.45, 2.75) is 40.0 Å². The molecule has 1 rings (SSSR count). The third-order valence-corrected chi connectivity index (χ3v) is 4.13. The van der Waals surface area contributed by atoms with Crippen LogP contribution in [0.25, 0.3) is 0 Å². The fourth-order valence-corrected chi connectivity index (χ4v) is 2.51. The Balaban J connectivity index is 2.94. The van der Waals surface area contributed by atoms with Crippen molar-refractivity contribution in [3.05, 3.63) is 23.2 Å². The predicted molar refractivity (Wildman–Crippen MR) is 86.5 cm³/mol. The quantitative estimate of drug-likeness (QED) is 0.757. The number of para-hydroxylation sites is 1. The number of carbonyl (C=O) groups is 2. The molecule has 0 spiro atoms. The number of aliphatic carboxylic acids is 1. The summed E-state index contributed by atoms with van der Waals surface area (Å²) in [5, 5.41) is 12.5. The standard InChI is InChI=1S/C16H22ClNO4/c1-4-16(5-2,15(20)21)10-13(19)18-12-9-7-8-11(17)14(12)22-6-3/h7-9H,4-6,10H2,1-3H3,(H,18,19)(H,20,21). The number of carboxylic acids is 1. The third kappa shape index (κ3) is 4.13. The van der Waals surface area contributed by atoms with Gasteiger partial charge in [-0.25, -0.2) is 0 Å². The number of hydrogen-bond acceptors (Lipinski definition) is 3. The molecule has 0 aliphatic rings. The minimum Gasteiger partial charge on any atom is -0.490 e. The van der Waals surface area contributed by atoms with Crippen molar-refractivity contribution in [2.24, 2.45) is 5.41 Å². The lowest BCUT2D eigenvalue weighted by molar-refractivity contribution is -0.151. The van der Waals surface area contributed by atoms with Crippen LogP contribution in [0, 0.1) is 5.41 Å². The van der Waals surface area contributed by atoms with Crippen LogP contribution in [0.2, 0.25) is 5.02 Å². The molecule has 0 aromatic heterocycles. The highest BCUT2D eigenvalue weighted by molar-refractivity contribution is 6.32. The van der Waals surface area contributed by atoms with Crippen LogP contribution in [0.5, 0.6) is 5.75 Å². The lowest BCUT2D eigenvalue weighted by Gasteiger charge is -2.26. The van der Waals surface area contributed by atoms with Gasteiger partial charge >= 0.3 is 5.97 Å². The summed E-state index contributed by atoms with van der Waals surface area (Å²) in [6.07, 6.45) is 0.688. The molecule has 5 nitrogen and oxygen atoms in total. The minimum atomic E-state index is -1.05. The first kappa shape index (κ1) is 18.3. The maximum absolute atomic E-state index is 12.2. The Labute approximate surface area is 135 Å². The summed E-state index contributed by atoms with van der Waals surface area (Å²) in [5.41, 5.74) is -0.597. The number of carbonyl (C=O) groups excluding carboxylic acids is 1.